The number of likely N-dealkylation sites (N-methyl/N-ethyl adjacent to an activating group) is 1. The van der Waals surface area contributed by atoms with Crippen LogP contribution in [0, 0.1) is 11.8 Å². The zero-order valence-electron chi connectivity index (χ0n) is 29.2. The number of hydrogen-bond acceptors (Lipinski definition) is 10. The zero-order valence-corrected chi connectivity index (χ0v) is 29.2. The molecule has 0 spiro atoms. The van der Waals surface area contributed by atoms with E-state index in [1.54, 1.807) is 49.1 Å². The highest BCUT2D eigenvalue weighted by molar-refractivity contribution is 5.70. The number of esters is 1. The summed E-state index contributed by atoms with van der Waals surface area (Å²) in [5.41, 5.74) is -1.92. The van der Waals surface area contributed by atoms with Gasteiger partial charge >= 0.3 is 12.1 Å². The van der Waals surface area contributed by atoms with Gasteiger partial charge in [-0.3, -0.25) is 9.69 Å². The average molecular weight is 663 g/mol. The lowest BCUT2D eigenvalue weighted by Gasteiger charge is -2.36. The fourth-order valence-corrected chi connectivity index (χ4v) is 7.34. The number of likely N-dealkylation sites (tertiary alicyclic amines) is 2. The number of aliphatic hydroxyl groups excluding tert-OH is 2. The lowest BCUT2D eigenvalue weighted by Crippen LogP contribution is -2.51. The van der Waals surface area contributed by atoms with E-state index < -0.39 is 47.7 Å². The zero-order chi connectivity index (χ0) is 34.7. The molecule has 3 fully saturated rings. The lowest BCUT2D eigenvalue weighted by molar-refractivity contribution is -0.151. The number of rotatable bonds is 10. The molecular weight excluding hydrogens is 604 g/mol. The molecule has 266 valence electrons. The SMILES string of the molecule is CCC(O)C(C)C1OC1CC(C)(O)C=CC=C(C)C1OC(=O)CC(O)CCC(C)(O)C(OC(=O)N2C[C@H]3C[C@@H]2CN3CC)C=CC1C. The van der Waals surface area contributed by atoms with Crippen LogP contribution in [0.1, 0.15) is 87.0 Å². The maximum Gasteiger partial charge on any atom is 0.410 e. The van der Waals surface area contributed by atoms with E-state index in [1.807, 2.05) is 27.7 Å². The molecule has 47 heavy (non-hydrogen) atoms. The van der Waals surface area contributed by atoms with Crippen LogP contribution in [0.25, 0.3) is 0 Å². The molecule has 0 aromatic rings. The summed E-state index contributed by atoms with van der Waals surface area (Å²) in [4.78, 5) is 30.3. The second-order valence-electron chi connectivity index (χ2n) is 14.8. The number of carbonyl (C=O) groups is 2. The van der Waals surface area contributed by atoms with Gasteiger partial charge in [0, 0.05) is 43.4 Å². The monoisotopic (exact) mass is 662 g/mol. The summed E-state index contributed by atoms with van der Waals surface area (Å²) in [7, 11) is 0. The number of amides is 1. The van der Waals surface area contributed by atoms with Crippen LogP contribution in [0.2, 0.25) is 0 Å². The van der Waals surface area contributed by atoms with Crippen molar-refractivity contribution in [3.05, 3.63) is 36.0 Å². The first-order chi connectivity index (χ1) is 22.0. The van der Waals surface area contributed by atoms with Crippen LogP contribution >= 0.6 is 0 Å². The molecule has 0 aromatic heterocycles. The van der Waals surface area contributed by atoms with E-state index in [-0.39, 0.29) is 49.3 Å². The fraction of sp³-hybridized carbons (Fsp3) is 0.778. The maximum absolute atomic E-state index is 13.4. The Hall–Kier alpha value is -2.28. The normalized spacial score (nSPS) is 38.0. The third-order valence-electron chi connectivity index (χ3n) is 10.6. The molecule has 4 aliphatic heterocycles. The quantitative estimate of drug-likeness (QED) is 0.118. The molecule has 11 heteroatoms. The van der Waals surface area contributed by atoms with Crippen LogP contribution in [0.3, 0.4) is 0 Å². The van der Waals surface area contributed by atoms with Gasteiger partial charge in [-0.1, -0.05) is 52.0 Å². The molecule has 11 nitrogen and oxygen atoms in total. The highest BCUT2D eigenvalue weighted by atomic mass is 16.6. The van der Waals surface area contributed by atoms with E-state index in [1.165, 1.54) is 0 Å². The second kappa shape index (κ2) is 15.5. The summed E-state index contributed by atoms with van der Waals surface area (Å²) in [5, 5.41) is 43.2. The minimum atomic E-state index is -1.48. The van der Waals surface area contributed by atoms with Crippen molar-refractivity contribution >= 4 is 12.1 Å². The number of carbonyl (C=O) groups excluding carboxylic acids is 2. The van der Waals surface area contributed by atoms with Crippen molar-refractivity contribution in [2.75, 3.05) is 19.6 Å². The predicted octanol–water partition coefficient (Wildman–Crippen LogP) is 3.49. The highest BCUT2D eigenvalue weighted by Gasteiger charge is 2.48. The van der Waals surface area contributed by atoms with Gasteiger partial charge in [-0.05, 0) is 64.6 Å². The number of piperazine rings is 1. The first-order valence-electron chi connectivity index (χ1n) is 17.5. The first-order valence-corrected chi connectivity index (χ1v) is 17.5. The van der Waals surface area contributed by atoms with Crippen LogP contribution < -0.4 is 0 Å². The molecule has 2 bridgehead atoms. The molecule has 0 radical (unpaired) electrons. The largest absolute Gasteiger partial charge is 0.457 e. The molecule has 0 aliphatic carbocycles. The van der Waals surface area contributed by atoms with Crippen LogP contribution in [-0.2, 0) is 19.0 Å². The Labute approximate surface area is 280 Å². The Balaban J connectivity index is 1.46. The minimum absolute atomic E-state index is 0.00958. The summed E-state index contributed by atoms with van der Waals surface area (Å²) in [6.07, 6.45) is 6.77. The molecule has 12 atom stereocenters. The van der Waals surface area contributed by atoms with Gasteiger partial charge in [-0.2, -0.15) is 0 Å². The van der Waals surface area contributed by atoms with Crippen molar-refractivity contribution in [2.45, 2.75) is 147 Å². The number of cyclic esters (lactones) is 1. The number of epoxide rings is 1. The number of fused-ring (bicyclic) bond motifs is 2. The third kappa shape index (κ3) is 9.67. The molecule has 4 rings (SSSR count). The smallest absolute Gasteiger partial charge is 0.410 e. The van der Waals surface area contributed by atoms with Crippen molar-refractivity contribution in [1.29, 1.82) is 0 Å². The summed E-state index contributed by atoms with van der Waals surface area (Å²) in [6, 6.07) is 0.417. The van der Waals surface area contributed by atoms with Crippen LogP contribution in [-0.4, -0.2) is 122 Å². The van der Waals surface area contributed by atoms with Crippen molar-refractivity contribution < 1.29 is 44.2 Å². The van der Waals surface area contributed by atoms with Crippen molar-refractivity contribution in [3.63, 3.8) is 0 Å². The first kappa shape index (κ1) is 37.5. The summed E-state index contributed by atoms with van der Waals surface area (Å²) in [6.45, 7) is 15.4. The topological polar surface area (TPSA) is 153 Å². The predicted molar refractivity (Wildman–Crippen MR) is 177 cm³/mol. The maximum atomic E-state index is 13.4. The van der Waals surface area contributed by atoms with Crippen LogP contribution in [0.4, 0.5) is 4.79 Å². The van der Waals surface area contributed by atoms with E-state index in [4.69, 9.17) is 14.2 Å². The molecule has 0 saturated carbocycles. The molecule has 4 N–H and O–H groups in total. The number of hydrogen-bond donors (Lipinski definition) is 4. The van der Waals surface area contributed by atoms with E-state index in [0.29, 0.717) is 31.0 Å². The summed E-state index contributed by atoms with van der Waals surface area (Å²) in [5.74, 6) is -0.935. The average Bonchev–Trinajstić information content (AvgIpc) is 3.44. The Morgan fingerprint density at radius 3 is 2.62 bits per heavy atom. The number of nitrogens with zero attached hydrogens (tertiary/aromatic N) is 2. The van der Waals surface area contributed by atoms with E-state index in [9.17, 15) is 30.0 Å². The van der Waals surface area contributed by atoms with Gasteiger partial charge in [-0.15, -0.1) is 0 Å². The van der Waals surface area contributed by atoms with Gasteiger partial charge in [0.1, 0.15) is 11.7 Å². The fourth-order valence-electron chi connectivity index (χ4n) is 7.34. The standard InChI is InChI=1S/C36H58N2O9/c1-8-28(40)24(5)33-29(45-33)19-35(6,43)15-10-11-22(3)32-23(4)12-13-30(36(7,44)16-14-27(39)18-31(41)47-32)46-34(42)38-21-25-17-26(38)20-37(25)9-2/h10-13,15,23-30,32-33,39-40,43-44H,8-9,14,16-21H2,1-7H3/t23?,24?,25-,26-,27?,28?,29?,30?,32?,33?,35?,36?/m1/s1. The Morgan fingerprint density at radius 2 is 1.98 bits per heavy atom. The van der Waals surface area contributed by atoms with Gasteiger partial charge in [-0.25, -0.2) is 4.79 Å². The van der Waals surface area contributed by atoms with Crippen molar-refractivity contribution in [3.8, 4) is 0 Å². The molecule has 1 amide bonds. The van der Waals surface area contributed by atoms with Crippen LogP contribution in [0.5, 0.6) is 0 Å². The minimum Gasteiger partial charge on any atom is -0.457 e. The Bertz CT molecular complexity index is 1180. The van der Waals surface area contributed by atoms with Gasteiger partial charge in [0.25, 0.3) is 0 Å². The van der Waals surface area contributed by atoms with Crippen LogP contribution in [0.15, 0.2) is 36.0 Å². The van der Waals surface area contributed by atoms with Crippen molar-refractivity contribution in [1.82, 2.24) is 9.80 Å². The molecule has 10 unspecified atom stereocenters. The molecule has 0 aromatic carbocycles. The molecule has 4 heterocycles. The van der Waals surface area contributed by atoms with Crippen molar-refractivity contribution in [2.24, 2.45) is 11.8 Å². The number of aliphatic hydroxyl groups is 4. The van der Waals surface area contributed by atoms with E-state index >= 15 is 0 Å². The Morgan fingerprint density at radius 1 is 1.26 bits per heavy atom. The number of allylic oxidation sites excluding steroid dienone is 2. The highest BCUT2D eigenvalue weighted by Crippen LogP contribution is 2.38. The Kier molecular flexibility index (Phi) is 12.4. The second-order valence-corrected chi connectivity index (χ2v) is 14.8. The van der Waals surface area contributed by atoms with Gasteiger partial charge < -0.3 is 39.5 Å². The molecule has 4 aliphatic rings. The molecule has 3 saturated heterocycles. The summed E-state index contributed by atoms with van der Waals surface area (Å²) >= 11 is 0. The van der Waals surface area contributed by atoms with E-state index in [0.717, 1.165) is 19.5 Å². The summed E-state index contributed by atoms with van der Waals surface area (Å²) < 4.78 is 17.6. The van der Waals surface area contributed by atoms with E-state index in [2.05, 4.69) is 11.8 Å². The van der Waals surface area contributed by atoms with Gasteiger partial charge in [0.05, 0.1) is 36.4 Å². The van der Waals surface area contributed by atoms with Gasteiger partial charge in [0.15, 0.2) is 6.10 Å². The third-order valence-corrected chi connectivity index (χ3v) is 10.6. The lowest BCUT2D eigenvalue weighted by atomic mass is 9.88. The number of ether oxygens (including phenoxy) is 3. The van der Waals surface area contributed by atoms with Gasteiger partial charge in [0.2, 0.25) is 0 Å². The molecular formula is C36H58N2O9.